The Hall–Kier alpha value is -3.23. The summed E-state index contributed by atoms with van der Waals surface area (Å²) in [4.78, 5) is 27.5. The molecule has 1 unspecified atom stereocenters. The lowest BCUT2D eigenvalue weighted by atomic mass is 10.1. The van der Waals surface area contributed by atoms with E-state index >= 15 is 0 Å². The number of rotatable bonds is 5. The van der Waals surface area contributed by atoms with Crippen LogP contribution in [0, 0.1) is 0 Å². The Bertz CT molecular complexity index is 1030. The monoisotopic (exact) mass is 462 g/mol. The quantitative estimate of drug-likeness (QED) is 0.707. The summed E-state index contributed by atoms with van der Waals surface area (Å²) in [7, 11) is 0. The first-order valence-electron chi connectivity index (χ1n) is 11.0. The molecule has 1 atom stereocenters. The Morgan fingerprint density at radius 3 is 2.39 bits per heavy atom. The van der Waals surface area contributed by atoms with Crippen LogP contribution in [-0.4, -0.2) is 37.1 Å². The van der Waals surface area contributed by atoms with Crippen molar-refractivity contribution < 1.29 is 32.2 Å². The van der Waals surface area contributed by atoms with E-state index in [9.17, 15) is 22.8 Å². The smallest absolute Gasteiger partial charge is 0.418 e. The third-order valence-corrected chi connectivity index (χ3v) is 5.95. The third kappa shape index (κ3) is 4.91. The predicted octanol–water partition coefficient (Wildman–Crippen LogP) is 4.57. The highest BCUT2D eigenvalue weighted by Crippen LogP contribution is 2.38. The van der Waals surface area contributed by atoms with Gasteiger partial charge in [-0.05, 0) is 50.1 Å². The molecule has 4 rings (SSSR count). The van der Waals surface area contributed by atoms with Crippen molar-refractivity contribution in [3.05, 3.63) is 53.6 Å². The Morgan fingerprint density at radius 1 is 1.03 bits per heavy atom. The summed E-state index contributed by atoms with van der Waals surface area (Å²) < 4.78 is 52.4. The topological polar surface area (TPSA) is 67.9 Å². The average molecular weight is 462 g/mol. The Labute approximate surface area is 189 Å². The van der Waals surface area contributed by atoms with Crippen LogP contribution in [0.4, 0.5) is 18.9 Å². The molecule has 33 heavy (non-hydrogen) atoms. The Balaban J connectivity index is 1.73. The van der Waals surface area contributed by atoms with Gasteiger partial charge in [-0.15, -0.1) is 0 Å². The second kappa shape index (κ2) is 9.33. The normalized spacial score (nSPS) is 16.8. The van der Waals surface area contributed by atoms with E-state index in [1.807, 2.05) is 0 Å². The largest absolute Gasteiger partial charge is 0.486 e. The number of carbonyl (C=O) groups is 2. The Kier molecular flexibility index (Phi) is 6.49. The lowest BCUT2D eigenvalue weighted by Gasteiger charge is -2.32. The van der Waals surface area contributed by atoms with Crippen LogP contribution in [0.15, 0.2) is 42.5 Å². The molecule has 0 spiro atoms. The highest BCUT2D eigenvalue weighted by molar-refractivity contribution is 6.10. The van der Waals surface area contributed by atoms with Crippen LogP contribution in [0.2, 0.25) is 0 Å². The van der Waals surface area contributed by atoms with Gasteiger partial charge < -0.3 is 14.8 Å². The van der Waals surface area contributed by atoms with Crippen molar-refractivity contribution in [1.29, 1.82) is 0 Å². The molecule has 0 radical (unpaired) electrons. The molecular weight excluding hydrogens is 437 g/mol. The molecule has 2 aliphatic rings. The molecule has 9 heteroatoms. The van der Waals surface area contributed by atoms with E-state index in [-0.39, 0.29) is 17.3 Å². The minimum Gasteiger partial charge on any atom is -0.486 e. The number of alkyl halides is 3. The van der Waals surface area contributed by atoms with Gasteiger partial charge in [0.15, 0.2) is 11.5 Å². The third-order valence-electron chi connectivity index (χ3n) is 5.95. The minimum atomic E-state index is -4.70. The first kappa shape index (κ1) is 22.9. The van der Waals surface area contributed by atoms with Gasteiger partial charge in [-0.25, -0.2) is 0 Å². The average Bonchev–Trinajstić information content (AvgIpc) is 3.31. The van der Waals surface area contributed by atoms with Crippen LogP contribution in [0.5, 0.6) is 11.5 Å². The maximum atomic E-state index is 13.8. The number of nitrogens with one attached hydrogen (secondary N) is 1. The van der Waals surface area contributed by atoms with Crippen molar-refractivity contribution in [2.24, 2.45) is 0 Å². The summed E-state index contributed by atoms with van der Waals surface area (Å²) in [5.74, 6) is -0.450. The predicted molar refractivity (Wildman–Crippen MR) is 116 cm³/mol. The molecule has 0 bridgehead atoms. The number of hydrogen-bond donors (Lipinski definition) is 1. The zero-order chi connectivity index (χ0) is 23.6. The second-order valence-electron chi connectivity index (χ2n) is 8.21. The molecule has 2 aromatic carbocycles. The van der Waals surface area contributed by atoms with Gasteiger partial charge in [0.1, 0.15) is 19.3 Å². The number of hydrogen-bond acceptors (Lipinski definition) is 4. The van der Waals surface area contributed by atoms with E-state index in [2.05, 4.69) is 5.32 Å². The van der Waals surface area contributed by atoms with E-state index in [0.29, 0.717) is 24.7 Å². The summed E-state index contributed by atoms with van der Waals surface area (Å²) in [5, 5.41) is 2.88. The highest BCUT2D eigenvalue weighted by atomic mass is 19.4. The maximum absolute atomic E-state index is 13.8. The second-order valence-corrected chi connectivity index (χ2v) is 8.21. The fourth-order valence-corrected chi connectivity index (χ4v) is 4.24. The first-order chi connectivity index (χ1) is 15.8. The van der Waals surface area contributed by atoms with Gasteiger partial charge in [-0.1, -0.05) is 25.0 Å². The summed E-state index contributed by atoms with van der Waals surface area (Å²) in [5.41, 5.74) is -1.27. The molecule has 2 aromatic rings. The molecule has 1 aliphatic heterocycles. The van der Waals surface area contributed by atoms with Crippen LogP contribution in [0.1, 0.15) is 48.5 Å². The van der Waals surface area contributed by atoms with Gasteiger partial charge in [-0.3, -0.25) is 14.5 Å². The lowest BCUT2D eigenvalue weighted by Crippen LogP contribution is -2.50. The van der Waals surface area contributed by atoms with E-state index in [1.165, 1.54) is 37.3 Å². The van der Waals surface area contributed by atoms with Crippen LogP contribution >= 0.6 is 0 Å². The van der Waals surface area contributed by atoms with Gasteiger partial charge in [0, 0.05) is 11.6 Å². The molecule has 1 saturated carbocycles. The summed E-state index contributed by atoms with van der Waals surface area (Å²) in [6, 6.07) is 8.00. The first-order valence-corrected chi connectivity index (χ1v) is 11.0. The van der Waals surface area contributed by atoms with Gasteiger partial charge >= 0.3 is 6.18 Å². The molecule has 0 saturated heterocycles. The zero-order valence-electron chi connectivity index (χ0n) is 18.2. The molecular formula is C24H25F3N2O4. The number of para-hydroxylation sites is 1. The van der Waals surface area contributed by atoms with Gasteiger partial charge in [0.05, 0.1) is 11.3 Å². The fraction of sp³-hybridized carbons (Fsp3) is 0.417. The van der Waals surface area contributed by atoms with E-state index < -0.39 is 29.6 Å². The number of fused-ring (bicyclic) bond motifs is 1. The van der Waals surface area contributed by atoms with Crippen LogP contribution in [-0.2, 0) is 11.0 Å². The Morgan fingerprint density at radius 2 is 1.70 bits per heavy atom. The molecule has 1 N–H and O–H groups in total. The number of ether oxygens (including phenoxy) is 2. The van der Waals surface area contributed by atoms with Crippen molar-refractivity contribution in [1.82, 2.24) is 5.32 Å². The van der Waals surface area contributed by atoms with Crippen molar-refractivity contribution in [2.75, 3.05) is 18.1 Å². The summed E-state index contributed by atoms with van der Waals surface area (Å²) in [6.45, 7) is 2.10. The van der Waals surface area contributed by atoms with Crippen molar-refractivity contribution in [3.8, 4) is 11.5 Å². The molecule has 6 nitrogen and oxygen atoms in total. The lowest BCUT2D eigenvalue weighted by molar-refractivity contribution is -0.137. The highest BCUT2D eigenvalue weighted by Gasteiger charge is 2.39. The van der Waals surface area contributed by atoms with Gasteiger partial charge in [0.25, 0.3) is 5.91 Å². The maximum Gasteiger partial charge on any atom is 0.418 e. The zero-order valence-corrected chi connectivity index (χ0v) is 18.2. The van der Waals surface area contributed by atoms with Crippen molar-refractivity contribution in [3.63, 3.8) is 0 Å². The fourth-order valence-electron chi connectivity index (χ4n) is 4.24. The van der Waals surface area contributed by atoms with Crippen LogP contribution < -0.4 is 19.7 Å². The van der Waals surface area contributed by atoms with Crippen molar-refractivity contribution >= 4 is 17.5 Å². The van der Waals surface area contributed by atoms with Gasteiger partial charge in [-0.2, -0.15) is 13.2 Å². The van der Waals surface area contributed by atoms with Gasteiger partial charge in [0.2, 0.25) is 5.91 Å². The summed E-state index contributed by atoms with van der Waals surface area (Å²) >= 11 is 0. The molecule has 176 valence electrons. The number of anilines is 1. The number of halogens is 3. The molecule has 2 amide bonds. The number of benzene rings is 2. The summed E-state index contributed by atoms with van der Waals surface area (Å²) in [6.07, 6.45) is -1.11. The van der Waals surface area contributed by atoms with E-state index in [4.69, 9.17) is 9.47 Å². The minimum absolute atomic E-state index is 0.0379. The SMILES string of the molecule is CC(C(=O)NC1CCCC1)N(C(=O)c1ccc2c(c1)OCCO2)c1ccccc1C(F)(F)F. The standard InChI is InChI=1S/C24H25F3N2O4/c1-15(22(30)28-17-6-2-3-7-17)29(19-9-5-4-8-18(19)24(25,26)27)23(31)16-10-11-20-21(14-16)33-13-12-32-20/h4-5,8-11,14-15,17H,2-3,6-7,12-13H2,1H3,(H,28,30). The molecule has 1 heterocycles. The number of carbonyl (C=O) groups excluding carboxylic acids is 2. The molecule has 1 aliphatic carbocycles. The van der Waals surface area contributed by atoms with E-state index in [1.54, 1.807) is 6.07 Å². The molecule has 1 fully saturated rings. The number of amides is 2. The van der Waals surface area contributed by atoms with Crippen molar-refractivity contribution in [2.45, 2.75) is 50.9 Å². The number of nitrogens with zero attached hydrogens (tertiary/aromatic N) is 1. The van der Waals surface area contributed by atoms with Crippen LogP contribution in [0.25, 0.3) is 0 Å². The van der Waals surface area contributed by atoms with E-state index in [0.717, 1.165) is 36.6 Å². The molecule has 0 aromatic heterocycles. The van der Waals surface area contributed by atoms with Crippen LogP contribution in [0.3, 0.4) is 0 Å².